The molecule has 1 N–H and O–H groups in total. The van der Waals surface area contributed by atoms with Crippen molar-refractivity contribution in [2.45, 2.75) is 117 Å². The number of fused-ring (bicyclic) bond motifs is 1. The van der Waals surface area contributed by atoms with Gasteiger partial charge in [-0.3, -0.25) is 9.59 Å². The number of benzene rings is 1. The lowest BCUT2D eigenvalue weighted by molar-refractivity contribution is -0.188. The van der Waals surface area contributed by atoms with Crippen LogP contribution in [0.1, 0.15) is 91.5 Å². The van der Waals surface area contributed by atoms with Crippen molar-refractivity contribution in [1.29, 1.82) is 0 Å². The molecule has 39 heavy (non-hydrogen) atoms. The molecule has 218 valence electrons. The van der Waals surface area contributed by atoms with Crippen LogP contribution < -0.4 is 0 Å². The zero-order valence-electron chi connectivity index (χ0n) is 24.6. The second-order valence-corrected chi connectivity index (χ2v) is 13.2. The van der Waals surface area contributed by atoms with Gasteiger partial charge in [-0.1, -0.05) is 57.5 Å². The first kappa shape index (κ1) is 30.0. The number of hydrogen-bond acceptors (Lipinski definition) is 6. The monoisotopic (exact) mass is 542 g/mol. The van der Waals surface area contributed by atoms with E-state index in [0.717, 1.165) is 44.9 Å². The molecule has 1 unspecified atom stereocenters. The molecule has 4 rings (SSSR count). The first-order valence-electron chi connectivity index (χ1n) is 15.3. The summed E-state index contributed by atoms with van der Waals surface area (Å²) in [7, 11) is 0. The van der Waals surface area contributed by atoms with Gasteiger partial charge in [0.1, 0.15) is 12.2 Å². The molecule has 0 radical (unpaired) electrons. The summed E-state index contributed by atoms with van der Waals surface area (Å²) in [5.74, 6) is 1.25. The molecule has 1 aliphatic heterocycles. The van der Waals surface area contributed by atoms with Gasteiger partial charge in [-0.2, -0.15) is 0 Å². The van der Waals surface area contributed by atoms with Crippen molar-refractivity contribution in [3.63, 3.8) is 0 Å². The molecule has 9 atom stereocenters. The second kappa shape index (κ2) is 13.2. The van der Waals surface area contributed by atoms with E-state index in [9.17, 15) is 14.7 Å². The molecule has 2 aliphatic carbocycles. The van der Waals surface area contributed by atoms with Crippen molar-refractivity contribution >= 4 is 11.9 Å². The quantitative estimate of drug-likeness (QED) is 0.358. The van der Waals surface area contributed by atoms with Crippen LogP contribution in [0.3, 0.4) is 0 Å². The molecular weight excluding hydrogens is 492 g/mol. The fraction of sp³-hybridized carbons (Fsp3) is 0.758. The van der Waals surface area contributed by atoms with Gasteiger partial charge >= 0.3 is 11.9 Å². The summed E-state index contributed by atoms with van der Waals surface area (Å²) in [5, 5.41) is 10.1. The Hall–Kier alpha value is -1.92. The van der Waals surface area contributed by atoms with E-state index in [1.54, 1.807) is 0 Å². The van der Waals surface area contributed by atoms with E-state index in [0.29, 0.717) is 36.7 Å². The van der Waals surface area contributed by atoms with Crippen LogP contribution >= 0.6 is 0 Å². The van der Waals surface area contributed by atoms with Crippen LogP contribution in [0.15, 0.2) is 30.3 Å². The van der Waals surface area contributed by atoms with Gasteiger partial charge < -0.3 is 19.3 Å². The molecular formula is C33H50O6. The molecule has 3 aliphatic rings. The molecule has 0 aromatic heterocycles. The van der Waals surface area contributed by atoms with Gasteiger partial charge in [0.05, 0.1) is 30.7 Å². The minimum absolute atomic E-state index is 0.0894. The summed E-state index contributed by atoms with van der Waals surface area (Å²) in [4.78, 5) is 25.2. The number of esters is 2. The topological polar surface area (TPSA) is 82.1 Å². The van der Waals surface area contributed by atoms with Crippen LogP contribution in [0, 0.1) is 35.0 Å². The van der Waals surface area contributed by atoms with Crippen LogP contribution in [-0.4, -0.2) is 48.1 Å². The van der Waals surface area contributed by atoms with Crippen LogP contribution in [0.5, 0.6) is 0 Å². The Bertz CT molecular complexity index is 945. The van der Waals surface area contributed by atoms with Gasteiger partial charge in [-0.05, 0) is 81.6 Å². The van der Waals surface area contributed by atoms with E-state index in [1.807, 2.05) is 26.8 Å². The van der Waals surface area contributed by atoms with Crippen LogP contribution in [-0.2, 0) is 30.2 Å². The first-order valence-corrected chi connectivity index (χ1v) is 15.3. The molecule has 6 nitrogen and oxygen atoms in total. The third-order valence-electron chi connectivity index (χ3n) is 9.99. The van der Waals surface area contributed by atoms with Crippen molar-refractivity contribution in [2.75, 3.05) is 6.61 Å². The maximum Gasteiger partial charge on any atom is 0.311 e. The smallest absolute Gasteiger partial charge is 0.311 e. The van der Waals surface area contributed by atoms with Crippen molar-refractivity contribution in [3.8, 4) is 0 Å². The van der Waals surface area contributed by atoms with E-state index >= 15 is 0 Å². The predicted octanol–water partition coefficient (Wildman–Crippen LogP) is 6.13. The molecule has 0 amide bonds. The highest BCUT2D eigenvalue weighted by atomic mass is 16.6. The van der Waals surface area contributed by atoms with E-state index in [1.165, 1.54) is 5.56 Å². The zero-order valence-corrected chi connectivity index (χ0v) is 24.6. The van der Waals surface area contributed by atoms with E-state index in [2.05, 4.69) is 38.1 Å². The number of aliphatic hydroxyl groups excluding tert-OH is 1. The predicted molar refractivity (Wildman–Crippen MR) is 151 cm³/mol. The highest BCUT2D eigenvalue weighted by Gasteiger charge is 2.52. The maximum absolute atomic E-state index is 13.3. The second-order valence-electron chi connectivity index (χ2n) is 13.2. The number of hydrogen-bond donors (Lipinski definition) is 1. The Labute approximate surface area is 235 Å². The SMILES string of the molecule is CCC(C)(C)C(=O)O[C@H]1C[C@@H](C)[C@@H](OCCc2ccccc2)[C@@H]2CC[C@H](C)[C@H](CC[C@@H]3C[C@@H](O)CC(=O)O3)C12. The Balaban J connectivity index is 1.52. The third-order valence-corrected chi connectivity index (χ3v) is 9.99. The molecule has 1 aromatic rings. The average molecular weight is 543 g/mol. The number of cyclic esters (lactones) is 1. The Morgan fingerprint density at radius 2 is 1.82 bits per heavy atom. The fourth-order valence-electron chi connectivity index (χ4n) is 7.28. The minimum Gasteiger partial charge on any atom is -0.462 e. The van der Waals surface area contributed by atoms with Crippen molar-refractivity contribution in [2.24, 2.45) is 35.0 Å². The molecule has 0 spiro atoms. The van der Waals surface area contributed by atoms with Gasteiger partial charge in [0.15, 0.2) is 0 Å². The molecule has 3 fully saturated rings. The molecule has 0 bridgehead atoms. The third kappa shape index (κ3) is 7.43. The molecule has 1 saturated heterocycles. The van der Waals surface area contributed by atoms with Crippen LogP contribution in [0.4, 0.5) is 0 Å². The first-order chi connectivity index (χ1) is 18.6. The van der Waals surface area contributed by atoms with Crippen LogP contribution in [0.25, 0.3) is 0 Å². The highest BCUT2D eigenvalue weighted by Crippen LogP contribution is 2.52. The number of rotatable bonds is 10. The summed E-state index contributed by atoms with van der Waals surface area (Å²) in [6.07, 6.45) is 5.99. The van der Waals surface area contributed by atoms with Crippen molar-refractivity contribution < 1.29 is 28.9 Å². The van der Waals surface area contributed by atoms with E-state index in [-0.39, 0.29) is 42.6 Å². The number of carbonyl (C=O) groups excluding carboxylic acids is 2. The van der Waals surface area contributed by atoms with Gasteiger partial charge in [0, 0.05) is 12.3 Å². The number of aliphatic hydroxyl groups is 1. The van der Waals surface area contributed by atoms with Crippen LogP contribution in [0.2, 0.25) is 0 Å². The van der Waals surface area contributed by atoms with E-state index in [4.69, 9.17) is 14.2 Å². The maximum atomic E-state index is 13.3. The fourth-order valence-corrected chi connectivity index (χ4v) is 7.28. The van der Waals surface area contributed by atoms with Crippen molar-refractivity contribution in [3.05, 3.63) is 35.9 Å². The Morgan fingerprint density at radius 3 is 2.51 bits per heavy atom. The molecule has 2 saturated carbocycles. The Kier molecular flexibility index (Phi) is 10.1. The van der Waals surface area contributed by atoms with Crippen molar-refractivity contribution in [1.82, 2.24) is 0 Å². The van der Waals surface area contributed by atoms with Gasteiger partial charge in [-0.15, -0.1) is 0 Å². The average Bonchev–Trinajstić information content (AvgIpc) is 2.89. The standard InChI is InChI=1S/C33H50O6/c1-6-33(4,5)32(36)39-28-18-22(3)31(37-17-16-23-10-8-7-9-11-23)27-14-12-21(2)26(30(27)28)15-13-25-19-24(34)20-29(35)38-25/h7-11,21-22,24-28,30-31,34H,6,12-20H2,1-5H3/t21-,22+,24+,25+,26-,27+,28-,30?,31+/m0/s1. The molecule has 1 aromatic carbocycles. The largest absolute Gasteiger partial charge is 0.462 e. The lowest BCUT2D eigenvalue weighted by atomic mass is 9.57. The van der Waals surface area contributed by atoms with Gasteiger partial charge in [-0.25, -0.2) is 0 Å². The number of ether oxygens (including phenoxy) is 3. The minimum atomic E-state index is -0.615. The zero-order chi connectivity index (χ0) is 28.2. The summed E-state index contributed by atoms with van der Waals surface area (Å²) in [5.41, 5.74) is 0.773. The summed E-state index contributed by atoms with van der Waals surface area (Å²) in [6, 6.07) is 10.5. The lowest BCUT2D eigenvalue weighted by Gasteiger charge is -2.53. The molecule has 6 heteroatoms. The number of carbonyl (C=O) groups is 2. The van der Waals surface area contributed by atoms with E-state index < -0.39 is 11.5 Å². The van der Waals surface area contributed by atoms with Gasteiger partial charge in [0.2, 0.25) is 0 Å². The Morgan fingerprint density at radius 1 is 1.08 bits per heavy atom. The van der Waals surface area contributed by atoms with Gasteiger partial charge in [0.25, 0.3) is 0 Å². The normalized spacial score (nSPS) is 35.1. The lowest BCUT2D eigenvalue weighted by Crippen LogP contribution is -2.54. The summed E-state index contributed by atoms with van der Waals surface area (Å²) in [6.45, 7) is 11.2. The highest BCUT2D eigenvalue weighted by molar-refractivity contribution is 5.76. The summed E-state index contributed by atoms with van der Waals surface area (Å²) >= 11 is 0. The summed E-state index contributed by atoms with van der Waals surface area (Å²) < 4.78 is 18.7. The molecule has 1 heterocycles.